The second-order valence-electron chi connectivity index (χ2n) is 3.92. The zero-order valence-electron chi connectivity index (χ0n) is 8.77. The molecule has 0 radical (unpaired) electrons. The van der Waals surface area contributed by atoms with Crippen molar-refractivity contribution in [3.8, 4) is 11.5 Å². The summed E-state index contributed by atoms with van der Waals surface area (Å²) in [6.45, 7) is 0. The topological polar surface area (TPSA) is 92.5 Å². The molecule has 0 aliphatic rings. The molecular weight excluding hydrogens is 236 g/mol. The first-order valence-electron chi connectivity index (χ1n) is 4.99. The Hall–Kier alpha value is -2.14. The van der Waals surface area contributed by atoms with E-state index in [4.69, 9.17) is 11.5 Å². The molecule has 0 aliphatic carbocycles. The molecule has 0 fully saturated rings. The number of hydrogen-bond donors (Lipinski definition) is 4. The maximum atomic E-state index is 9.56. The molecule has 5 heteroatoms. The second-order valence-corrected chi connectivity index (χ2v) is 5.00. The average molecular weight is 246 g/mol. The van der Waals surface area contributed by atoms with Gasteiger partial charge in [-0.1, -0.05) is 0 Å². The molecule has 0 atom stereocenters. The van der Waals surface area contributed by atoms with E-state index in [2.05, 4.69) is 0 Å². The maximum Gasteiger partial charge on any atom is 0.139 e. The Balaban J connectivity index is 2.51. The molecule has 0 aliphatic heterocycles. The summed E-state index contributed by atoms with van der Waals surface area (Å²) in [5, 5.41) is 21.0. The van der Waals surface area contributed by atoms with E-state index in [0.717, 1.165) is 20.2 Å². The van der Waals surface area contributed by atoms with E-state index in [1.54, 1.807) is 24.3 Å². The van der Waals surface area contributed by atoms with Crippen LogP contribution < -0.4 is 11.5 Å². The smallest absolute Gasteiger partial charge is 0.139 e. The van der Waals surface area contributed by atoms with Crippen LogP contribution in [-0.2, 0) is 0 Å². The van der Waals surface area contributed by atoms with Gasteiger partial charge in [-0.05, 0) is 24.3 Å². The van der Waals surface area contributed by atoms with Gasteiger partial charge in [0, 0.05) is 20.2 Å². The van der Waals surface area contributed by atoms with Gasteiger partial charge in [0.25, 0.3) is 0 Å². The van der Waals surface area contributed by atoms with Crippen molar-refractivity contribution >= 4 is 42.9 Å². The van der Waals surface area contributed by atoms with Crippen LogP contribution in [-0.4, -0.2) is 10.2 Å². The Morgan fingerprint density at radius 3 is 1.59 bits per heavy atom. The van der Waals surface area contributed by atoms with Crippen LogP contribution in [0.1, 0.15) is 0 Å². The number of phenolic OH excluding ortho intramolecular Hbond substituents is 2. The third-order valence-corrected chi connectivity index (χ3v) is 3.88. The first kappa shape index (κ1) is 10.0. The minimum atomic E-state index is 0.0706. The van der Waals surface area contributed by atoms with Crippen LogP contribution in [0.3, 0.4) is 0 Å². The SMILES string of the molecule is Nc1cc2c(cc1O)sc1cc(O)c(N)cc12. The molecular formula is C12H10N2O2S. The van der Waals surface area contributed by atoms with Gasteiger partial charge >= 0.3 is 0 Å². The molecule has 3 rings (SSSR count). The van der Waals surface area contributed by atoms with Gasteiger partial charge in [-0.15, -0.1) is 11.3 Å². The first-order valence-corrected chi connectivity index (χ1v) is 5.81. The van der Waals surface area contributed by atoms with Crippen LogP contribution in [0.25, 0.3) is 20.2 Å². The normalized spacial score (nSPS) is 11.3. The summed E-state index contributed by atoms with van der Waals surface area (Å²) in [7, 11) is 0. The van der Waals surface area contributed by atoms with E-state index in [1.807, 2.05) is 0 Å². The van der Waals surface area contributed by atoms with Crippen molar-refractivity contribution < 1.29 is 10.2 Å². The van der Waals surface area contributed by atoms with Crippen molar-refractivity contribution in [3.05, 3.63) is 24.3 Å². The van der Waals surface area contributed by atoms with Gasteiger partial charge in [0.05, 0.1) is 11.4 Å². The quantitative estimate of drug-likeness (QED) is 0.362. The number of nitrogens with two attached hydrogens (primary N) is 2. The summed E-state index contributed by atoms with van der Waals surface area (Å²) in [5.74, 6) is 0.141. The highest BCUT2D eigenvalue weighted by Gasteiger charge is 2.10. The van der Waals surface area contributed by atoms with Crippen molar-refractivity contribution in [2.75, 3.05) is 11.5 Å². The predicted molar refractivity (Wildman–Crippen MR) is 71.5 cm³/mol. The van der Waals surface area contributed by atoms with Crippen molar-refractivity contribution in [2.24, 2.45) is 0 Å². The Kier molecular flexibility index (Phi) is 1.88. The number of hydrogen-bond acceptors (Lipinski definition) is 5. The first-order chi connectivity index (χ1) is 8.06. The van der Waals surface area contributed by atoms with E-state index in [1.165, 1.54) is 11.3 Å². The Labute approximate surface area is 101 Å². The monoisotopic (exact) mass is 246 g/mol. The van der Waals surface area contributed by atoms with Gasteiger partial charge < -0.3 is 21.7 Å². The molecule has 0 unspecified atom stereocenters. The number of fused-ring (bicyclic) bond motifs is 3. The predicted octanol–water partition coefficient (Wildman–Crippen LogP) is 2.63. The van der Waals surface area contributed by atoms with Crippen molar-refractivity contribution in [3.63, 3.8) is 0 Å². The van der Waals surface area contributed by atoms with E-state index < -0.39 is 0 Å². The lowest BCUT2D eigenvalue weighted by molar-refractivity contribution is 0.478. The van der Waals surface area contributed by atoms with E-state index >= 15 is 0 Å². The molecule has 1 aromatic heterocycles. The summed E-state index contributed by atoms with van der Waals surface area (Å²) in [6.07, 6.45) is 0. The highest BCUT2D eigenvalue weighted by atomic mass is 32.1. The number of rotatable bonds is 0. The summed E-state index contributed by atoms with van der Waals surface area (Å²) >= 11 is 1.48. The molecule has 3 aromatic rings. The fourth-order valence-corrected chi connectivity index (χ4v) is 3.02. The van der Waals surface area contributed by atoms with Gasteiger partial charge in [-0.25, -0.2) is 0 Å². The van der Waals surface area contributed by atoms with Gasteiger partial charge in [-0.3, -0.25) is 0 Å². The molecule has 17 heavy (non-hydrogen) atoms. The van der Waals surface area contributed by atoms with E-state index in [0.29, 0.717) is 11.4 Å². The summed E-state index contributed by atoms with van der Waals surface area (Å²) < 4.78 is 1.83. The largest absolute Gasteiger partial charge is 0.506 e. The number of thiophene rings is 1. The molecule has 0 saturated heterocycles. The molecule has 0 spiro atoms. The highest BCUT2D eigenvalue weighted by Crippen LogP contribution is 2.41. The highest BCUT2D eigenvalue weighted by molar-refractivity contribution is 7.25. The van der Waals surface area contributed by atoms with Crippen LogP contribution in [0.2, 0.25) is 0 Å². The van der Waals surface area contributed by atoms with Gasteiger partial charge in [0.15, 0.2) is 0 Å². The summed E-state index contributed by atoms with van der Waals surface area (Å²) in [6, 6.07) is 6.70. The molecule has 2 aromatic carbocycles. The minimum absolute atomic E-state index is 0.0706. The average Bonchev–Trinajstić information content (AvgIpc) is 2.58. The molecule has 1 heterocycles. The van der Waals surface area contributed by atoms with Crippen LogP contribution in [0.5, 0.6) is 11.5 Å². The number of phenols is 2. The molecule has 0 bridgehead atoms. The van der Waals surface area contributed by atoms with E-state index in [-0.39, 0.29) is 11.5 Å². The lowest BCUT2D eigenvalue weighted by Gasteiger charge is -2.00. The Morgan fingerprint density at radius 2 is 1.18 bits per heavy atom. The second kappa shape index (κ2) is 3.18. The standard InChI is InChI=1S/C12H10N2O2S/c13-7-1-5-6-2-8(14)10(16)4-12(6)17-11(5)3-9(7)15/h1-4,15-16H,13-14H2. The Morgan fingerprint density at radius 1 is 0.765 bits per heavy atom. The van der Waals surface area contributed by atoms with Gasteiger partial charge in [0.1, 0.15) is 11.5 Å². The third-order valence-electron chi connectivity index (χ3n) is 2.77. The number of nitrogen functional groups attached to an aromatic ring is 2. The van der Waals surface area contributed by atoms with Gasteiger partial charge in [0.2, 0.25) is 0 Å². The molecule has 86 valence electrons. The van der Waals surface area contributed by atoms with E-state index in [9.17, 15) is 10.2 Å². The summed E-state index contributed by atoms with van der Waals surface area (Å²) in [4.78, 5) is 0. The lowest BCUT2D eigenvalue weighted by Crippen LogP contribution is -1.85. The molecule has 0 saturated carbocycles. The summed E-state index contributed by atoms with van der Waals surface area (Å²) in [5.41, 5.74) is 12.0. The van der Waals surface area contributed by atoms with Crippen molar-refractivity contribution in [1.29, 1.82) is 0 Å². The van der Waals surface area contributed by atoms with Crippen LogP contribution in [0.4, 0.5) is 11.4 Å². The maximum absolute atomic E-state index is 9.56. The fraction of sp³-hybridized carbons (Fsp3) is 0. The zero-order valence-corrected chi connectivity index (χ0v) is 9.58. The number of benzene rings is 2. The fourth-order valence-electron chi connectivity index (χ4n) is 1.88. The van der Waals surface area contributed by atoms with Crippen LogP contribution in [0.15, 0.2) is 24.3 Å². The number of aromatic hydroxyl groups is 2. The van der Waals surface area contributed by atoms with Crippen molar-refractivity contribution in [1.82, 2.24) is 0 Å². The van der Waals surface area contributed by atoms with Gasteiger partial charge in [-0.2, -0.15) is 0 Å². The number of anilines is 2. The molecule has 4 nitrogen and oxygen atoms in total. The molecule has 6 N–H and O–H groups in total. The van der Waals surface area contributed by atoms with Crippen molar-refractivity contribution in [2.45, 2.75) is 0 Å². The third kappa shape index (κ3) is 1.36. The zero-order chi connectivity index (χ0) is 12.2. The lowest BCUT2D eigenvalue weighted by atomic mass is 10.1. The Bertz CT molecular complexity index is 687. The van der Waals surface area contributed by atoms with Crippen LogP contribution >= 0.6 is 11.3 Å². The molecule has 0 amide bonds. The van der Waals surface area contributed by atoms with Crippen LogP contribution in [0, 0.1) is 0 Å². The minimum Gasteiger partial charge on any atom is -0.506 e.